The summed E-state index contributed by atoms with van der Waals surface area (Å²) in [5, 5.41) is 3.96. The van der Waals surface area contributed by atoms with Crippen LogP contribution in [0.5, 0.6) is 5.75 Å². The summed E-state index contributed by atoms with van der Waals surface area (Å²) in [7, 11) is 0. The quantitative estimate of drug-likeness (QED) is 0.749. The number of benzene rings is 2. The number of anilines is 1. The number of nitrogens with one attached hydrogen (secondary N) is 1. The molecular weight excluding hydrogens is 326 g/mol. The zero-order chi connectivity index (χ0) is 13.5. The van der Waals surface area contributed by atoms with Crippen LogP contribution in [-0.4, -0.2) is 13.2 Å². The standard InChI is InChI=1S/C15H15BrClNO/c16-12-7-8-15(14(17)11-12)19-10-4-9-18-13-5-2-1-3-6-13/h1-3,5-8,11,18H,4,9-10H2. The Hall–Kier alpha value is -1.19. The van der Waals surface area contributed by atoms with Gasteiger partial charge in [0.1, 0.15) is 5.75 Å². The maximum absolute atomic E-state index is 6.07. The fraction of sp³-hybridized carbons (Fsp3) is 0.200. The molecular formula is C15H15BrClNO. The van der Waals surface area contributed by atoms with Crippen molar-refractivity contribution < 1.29 is 4.74 Å². The second-order valence-corrected chi connectivity index (χ2v) is 5.39. The van der Waals surface area contributed by atoms with Crippen molar-refractivity contribution in [3.63, 3.8) is 0 Å². The van der Waals surface area contributed by atoms with E-state index in [1.807, 2.05) is 48.5 Å². The molecule has 0 radical (unpaired) electrons. The Balaban J connectivity index is 1.69. The molecule has 19 heavy (non-hydrogen) atoms. The summed E-state index contributed by atoms with van der Waals surface area (Å²) in [4.78, 5) is 0. The van der Waals surface area contributed by atoms with Crippen LogP contribution in [0.3, 0.4) is 0 Å². The Labute approximate surface area is 126 Å². The number of hydrogen-bond donors (Lipinski definition) is 1. The van der Waals surface area contributed by atoms with Crippen molar-refractivity contribution in [2.24, 2.45) is 0 Å². The van der Waals surface area contributed by atoms with E-state index in [1.165, 1.54) is 0 Å². The first-order valence-electron chi connectivity index (χ1n) is 6.12. The number of hydrogen-bond acceptors (Lipinski definition) is 2. The third-order valence-electron chi connectivity index (χ3n) is 2.58. The Kier molecular flexibility index (Phi) is 5.55. The molecule has 2 rings (SSSR count). The van der Waals surface area contributed by atoms with Crippen molar-refractivity contribution in [2.75, 3.05) is 18.5 Å². The number of ether oxygens (including phenoxy) is 1. The Morgan fingerprint density at radius 3 is 2.63 bits per heavy atom. The lowest BCUT2D eigenvalue weighted by atomic mass is 10.3. The average Bonchev–Trinajstić information content (AvgIpc) is 2.42. The second kappa shape index (κ2) is 7.41. The summed E-state index contributed by atoms with van der Waals surface area (Å²) >= 11 is 9.43. The summed E-state index contributed by atoms with van der Waals surface area (Å²) in [6.45, 7) is 1.51. The molecule has 0 atom stereocenters. The molecule has 0 heterocycles. The van der Waals surface area contributed by atoms with Crippen LogP contribution in [0.15, 0.2) is 53.0 Å². The monoisotopic (exact) mass is 339 g/mol. The van der Waals surface area contributed by atoms with Gasteiger partial charge in [0, 0.05) is 16.7 Å². The highest BCUT2D eigenvalue weighted by atomic mass is 79.9. The molecule has 0 aromatic heterocycles. The number of para-hydroxylation sites is 1. The van der Waals surface area contributed by atoms with Crippen LogP contribution in [0.4, 0.5) is 5.69 Å². The predicted molar refractivity (Wildman–Crippen MR) is 84.2 cm³/mol. The van der Waals surface area contributed by atoms with Gasteiger partial charge in [-0.2, -0.15) is 0 Å². The summed E-state index contributed by atoms with van der Waals surface area (Å²) in [5.41, 5.74) is 1.13. The van der Waals surface area contributed by atoms with E-state index in [9.17, 15) is 0 Å². The van der Waals surface area contributed by atoms with Crippen LogP contribution >= 0.6 is 27.5 Å². The molecule has 0 spiro atoms. The fourth-order valence-electron chi connectivity index (χ4n) is 1.64. The molecule has 0 amide bonds. The minimum atomic E-state index is 0.630. The summed E-state index contributed by atoms with van der Waals surface area (Å²) in [6, 6.07) is 15.8. The van der Waals surface area contributed by atoms with Crippen molar-refractivity contribution in [1.29, 1.82) is 0 Å². The van der Waals surface area contributed by atoms with Gasteiger partial charge < -0.3 is 10.1 Å². The smallest absolute Gasteiger partial charge is 0.137 e. The summed E-state index contributed by atoms with van der Waals surface area (Å²) < 4.78 is 6.59. The molecule has 1 N–H and O–H groups in total. The molecule has 0 saturated heterocycles. The van der Waals surface area contributed by atoms with Gasteiger partial charge in [-0.15, -0.1) is 0 Å². The van der Waals surface area contributed by atoms with Gasteiger partial charge in [0.2, 0.25) is 0 Å². The highest BCUT2D eigenvalue weighted by Gasteiger charge is 2.01. The van der Waals surface area contributed by atoms with Gasteiger partial charge in [0.05, 0.1) is 11.6 Å². The topological polar surface area (TPSA) is 21.3 Å². The van der Waals surface area contributed by atoms with Crippen LogP contribution < -0.4 is 10.1 Å². The molecule has 0 aliphatic rings. The Morgan fingerprint density at radius 2 is 1.89 bits per heavy atom. The minimum absolute atomic E-state index is 0.630. The van der Waals surface area contributed by atoms with Gasteiger partial charge in [-0.05, 0) is 36.8 Å². The number of rotatable bonds is 6. The lowest BCUT2D eigenvalue weighted by Gasteiger charge is -2.09. The molecule has 0 aliphatic heterocycles. The average molecular weight is 341 g/mol. The summed E-state index contributed by atoms with van der Waals surface area (Å²) in [5.74, 6) is 0.726. The molecule has 4 heteroatoms. The minimum Gasteiger partial charge on any atom is -0.492 e. The van der Waals surface area contributed by atoms with Crippen molar-refractivity contribution in [1.82, 2.24) is 0 Å². The number of halogens is 2. The van der Waals surface area contributed by atoms with Gasteiger partial charge in [-0.3, -0.25) is 0 Å². The highest BCUT2D eigenvalue weighted by Crippen LogP contribution is 2.27. The van der Waals surface area contributed by atoms with Gasteiger partial charge in [-0.25, -0.2) is 0 Å². The van der Waals surface area contributed by atoms with E-state index in [0.717, 1.165) is 28.9 Å². The van der Waals surface area contributed by atoms with E-state index in [0.29, 0.717) is 11.6 Å². The van der Waals surface area contributed by atoms with Crippen LogP contribution in [0, 0.1) is 0 Å². The molecule has 100 valence electrons. The van der Waals surface area contributed by atoms with E-state index in [1.54, 1.807) is 0 Å². The molecule has 0 bridgehead atoms. The third-order valence-corrected chi connectivity index (χ3v) is 3.36. The fourth-order valence-corrected chi connectivity index (χ4v) is 2.36. The third kappa shape index (κ3) is 4.77. The second-order valence-electron chi connectivity index (χ2n) is 4.07. The maximum atomic E-state index is 6.07. The van der Waals surface area contributed by atoms with Gasteiger partial charge >= 0.3 is 0 Å². The van der Waals surface area contributed by atoms with E-state index in [4.69, 9.17) is 16.3 Å². The van der Waals surface area contributed by atoms with Crippen LogP contribution in [-0.2, 0) is 0 Å². The first-order valence-corrected chi connectivity index (χ1v) is 7.29. The molecule has 0 aliphatic carbocycles. The van der Waals surface area contributed by atoms with Crippen molar-refractivity contribution in [3.8, 4) is 5.75 Å². The molecule has 2 nitrogen and oxygen atoms in total. The normalized spacial score (nSPS) is 10.2. The first-order chi connectivity index (χ1) is 9.25. The summed E-state index contributed by atoms with van der Waals surface area (Å²) in [6.07, 6.45) is 0.918. The first kappa shape index (κ1) is 14.2. The van der Waals surface area contributed by atoms with Crippen molar-refractivity contribution in [3.05, 3.63) is 58.0 Å². The van der Waals surface area contributed by atoms with Crippen LogP contribution in [0.2, 0.25) is 5.02 Å². The van der Waals surface area contributed by atoms with Crippen LogP contribution in [0.1, 0.15) is 6.42 Å². The SMILES string of the molecule is Clc1cc(Br)ccc1OCCCNc1ccccc1. The zero-order valence-electron chi connectivity index (χ0n) is 10.4. The molecule has 2 aromatic carbocycles. The Bertz CT molecular complexity index is 519. The van der Waals surface area contributed by atoms with Gasteiger partial charge in [0.25, 0.3) is 0 Å². The van der Waals surface area contributed by atoms with Gasteiger partial charge in [0.15, 0.2) is 0 Å². The van der Waals surface area contributed by atoms with E-state index in [-0.39, 0.29) is 0 Å². The lowest BCUT2D eigenvalue weighted by molar-refractivity contribution is 0.315. The van der Waals surface area contributed by atoms with Crippen molar-refractivity contribution in [2.45, 2.75) is 6.42 Å². The Morgan fingerprint density at radius 1 is 1.11 bits per heavy atom. The van der Waals surface area contributed by atoms with Crippen molar-refractivity contribution >= 4 is 33.2 Å². The molecule has 0 saturated carbocycles. The van der Waals surface area contributed by atoms with Crippen LogP contribution in [0.25, 0.3) is 0 Å². The van der Waals surface area contributed by atoms with Gasteiger partial charge in [-0.1, -0.05) is 45.7 Å². The zero-order valence-corrected chi connectivity index (χ0v) is 12.7. The maximum Gasteiger partial charge on any atom is 0.137 e. The van der Waals surface area contributed by atoms with E-state index < -0.39 is 0 Å². The van der Waals surface area contributed by atoms with E-state index >= 15 is 0 Å². The molecule has 2 aromatic rings. The largest absolute Gasteiger partial charge is 0.492 e. The molecule has 0 unspecified atom stereocenters. The molecule has 0 fully saturated rings. The lowest BCUT2D eigenvalue weighted by Crippen LogP contribution is -2.07. The van der Waals surface area contributed by atoms with E-state index in [2.05, 4.69) is 21.2 Å². The predicted octanol–water partition coefficient (Wildman–Crippen LogP) is 4.98. The highest BCUT2D eigenvalue weighted by molar-refractivity contribution is 9.10.